The van der Waals surface area contributed by atoms with E-state index in [4.69, 9.17) is 0 Å². The van der Waals surface area contributed by atoms with Crippen LogP contribution in [0.5, 0.6) is 0 Å². The first-order valence-corrected chi connectivity index (χ1v) is 3.07. The molecule has 0 aliphatic carbocycles. The quantitative estimate of drug-likeness (QED) is 0.332. The molecule has 50 valence electrons. The third kappa shape index (κ3) is 7.22. The Bertz CT molecular complexity index is 110. The Morgan fingerprint density at radius 3 is 2.89 bits per heavy atom. The summed E-state index contributed by atoms with van der Waals surface area (Å²) < 4.78 is 0. The Morgan fingerprint density at radius 2 is 2.33 bits per heavy atom. The second-order valence-corrected chi connectivity index (χ2v) is 1.69. The van der Waals surface area contributed by atoms with Crippen LogP contribution in [-0.2, 0) is 0 Å². The summed E-state index contributed by atoms with van der Waals surface area (Å²) >= 11 is 0. The minimum absolute atomic E-state index is 0.880. The maximum absolute atomic E-state index is 3.58. The lowest BCUT2D eigenvalue weighted by Crippen LogP contribution is -2.13. The molecular weight excluding hydrogens is 110 g/mol. The van der Waals surface area contributed by atoms with E-state index < -0.39 is 0 Å². The highest BCUT2D eigenvalue weighted by Crippen LogP contribution is 1.75. The molecule has 0 atom stereocenters. The van der Waals surface area contributed by atoms with Crippen LogP contribution in [0.15, 0.2) is 31.0 Å². The van der Waals surface area contributed by atoms with Crippen molar-refractivity contribution in [3.05, 3.63) is 31.0 Å². The maximum atomic E-state index is 3.58. The average molecular weight is 123 g/mol. The van der Waals surface area contributed by atoms with Gasteiger partial charge in [-0.1, -0.05) is 12.7 Å². The third-order valence-corrected chi connectivity index (χ3v) is 0.898. The van der Waals surface area contributed by atoms with Crippen LogP contribution in [0.25, 0.3) is 0 Å². The van der Waals surface area contributed by atoms with E-state index in [0.29, 0.717) is 0 Å². The Kier molecular flexibility index (Phi) is 6.59. The van der Waals surface area contributed by atoms with Gasteiger partial charge in [-0.25, -0.2) is 0 Å². The molecular formula is C8H13N. The SMILES string of the molecule is C=C=CCCNCC=C. The van der Waals surface area contributed by atoms with Crippen LogP contribution in [0.3, 0.4) is 0 Å². The molecule has 0 saturated carbocycles. The van der Waals surface area contributed by atoms with E-state index in [-0.39, 0.29) is 0 Å². The predicted octanol–water partition coefficient (Wildman–Crippen LogP) is 1.49. The minimum Gasteiger partial charge on any atom is -0.313 e. The lowest BCUT2D eigenvalue weighted by molar-refractivity contribution is 0.757. The van der Waals surface area contributed by atoms with Crippen LogP contribution in [0.2, 0.25) is 0 Å². The van der Waals surface area contributed by atoms with Gasteiger partial charge < -0.3 is 5.32 Å². The van der Waals surface area contributed by atoms with Gasteiger partial charge in [-0.2, -0.15) is 0 Å². The van der Waals surface area contributed by atoms with E-state index in [0.717, 1.165) is 19.5 Å². The van der Waals surface area contributed by atoms with Gasteiger partial charge >= 0.3 is 0 Å². The smallest absolute Gasteiger partial charge is 0.0132 e. The van der Waals surface area contributed by atoms with Crippen molar-refractivity contribution in [1.82, 2.24) is 5.32 Å². The molecule has 0 aliphatic rings. The molecule has 0 amide bonds. The van der Waals surface area contributed by atoms with Gasteiger partial charge in [0.15, 0.2) is 0 Å². The van der Waals surface area contributed by atoms with Gasteiger partial charge in [-0.3, -0.25) is 0 Å². The lowest BCUT2D eigenvalue weighted by Gasteiger charge is -1.94. The molecule has 0 fully saturated rings. The molecule has 0 saturated heterocycles. The molecule has 0 rings (SSSR count). The highest BCUT2D eigenvalue weighted by Gasteiger charge is 1.76. The largest absolute Gasteiger partial charge is 0.313 e. The molecule has 0 aromatic heterocycles. The van der Waals surface area contributed by atoms with E-state index in [1.54, 1.807) is 0 Å². The number of nitrogens with one attached hydrogen (secondary N) is 1. The number of hydrogen-bond acceptors (Lipinski definition) is 1. The summed E-state index contributed by atoms with van der Waals surface area (Å²) in [5.41, 5.74) is 2.70. The molecule has 1 heteroatoms. The minimum atomic E-state index is 0.880. The fourth-order valence-electron chi connectivity index (χ4n) is 0.480. The molecule has 0 bridgehead atoms. The maximum Gasteiger partial charge on any atom is 0.0132 e. The van der Waals surface area contributed by atoms with E-state index in [1.807, 2.05) is 12.2 Å². The number of hydrogen-bond donors (Lipinski definition) is 1. The normalized spacial score (nSPS) is 8.00. The highest BCUT2D eigenvalue weighted by molar-refractivity contribution is 4.77. The Hall–Kier alpha value is -0.780. The Labute approximate surface area is 56.8 Å². The van der Waals surface area contributed by atoms with Crippen LogP contribution in [0.4, 0.5) is 0 Å². The van der Waals surface area contributed by atoms with Crippen molar-refractivity contribution in [1.29, 1.82) is 0 Å². The first kappa shape index (κ1) is 8.22. The molecule has 1 nitrogen and oxygen atoms in total. The van der Waals surface area contributed by atoms with E-state index in [1.165, 1.54) is 0 Å². The van der Waals surface area contributed by atoms with Gasteiger partial charge in [0.1, 0.15) is 0 Å². The van der Waals surface area contributed by atoms with Crippen molar-refractivity contribution < 1.29 is 0 Å². The van der Waals surface area contributed by atoms with E-state index in [9.17, 15) is 0 Å². The van der Waals surface area contributed by atoms with Crippen molar-refractivity contribution in [2.24, 2.45) is 0 Å². The molecule has 0 unspecified atom stereocenters. The second-order valence-electron chi connectivity index (χ2n) is 1.69. The molecule has 0 aromatic rings. The van der Waals surface area contributed by atoms with Crippen LogP contribution in [0, 0.1) is 0 Å². The highest BCUT2D eigenvalue weighted by atomic mass is 14.8. The summed E-state index contributed by atoms with van der Waals surface area (Å²) in [6.45, 7) is 8.89. The first-order chi connectivity index (χ1) is 4.41. The van der Waals surface area contributed by atoms with E-state index in [2.05, 4.69) is 24.2 Å². The zero-order valence-electron chi connectivity index (χ0n) is 5.69. The van der Waals surface area contributed by atoms with Crippen molar-refractivity contribution >= 4 is 0 Å². The summed E-state index contributed by atoms with van der Waals surface area (Å²) in [5, 5.41) is 3.15. The molecule has 0 aliphatic heterocycles. The van der Waals surface area contributed by atoms with Crippen molar-refractivity contribution in [3.63, 3.8) is 0 Å². The van der Waals surface area contributed by atoms with Crippen LogP contribution in [-0.4, -0.2) is 13.1 Å². The van der Waals surface area contributed by atoms with Gasteiger partial charge in [0.05, 0.1) is 0 Å². The second kappa shape index (κ2) is 7.22. The van der Waals surface area contributed by atoms with Gasteiger partial charge in [0.25, 0.3) is 0 Å². The fourth-order valence-corrected chi connectivity index (χ4v) is 0.480. The standard InChI is InChI=1S/C8H13N/c1-3-5-6-8-9-7-4-2/h4-5,9H,1-2,6-8H2. The van der Waals surface area contributed by atoms with Gasteiger partial charge in [-0.15, -0.1) is 12.3 Å². The Morgan fingerprint density at radius 1 is 1.56 bits per heavy atom. The van der Waals surface area contributed by atoms with Crippen molar-refractivity contribution in [2.75, 3.05) is 13.1 Å². The summed E-state index contributed by atoms with van der Waals surface area (Å²) in [6.07, 6.45) is 4.76. The molecule has 0 spiro atoms. The van der Waals surface area contributed by atoms with E-state index >= 15 is 0 Å². The van der Waals surface area contributed by atoms with Crippen LogP contribution < -0.4 is 5.32 Å². The zero-order valence-corrected chi connectivity index (χ0v) is 5.69. The monoisotopic (exact) mass is 123 g/mol. The summed E-state index contributed by atoms with van der Waals surface area (Å²) in [6, 6.07) is 0. The van der Waals surface area contributed by atoms with Crippen molar-refractivity contribution in [2.45, 2.75) is 6.42 Å². The molecule has 1 N–H and O–H groups in total. The predicted molar refractivity (Wildman–Crippen MR) is 41.4 cm³/mol. The fraction of sp³-hybridized carbons (Fsp3) is 0.375. The topological polar surface area (TPSA) is 12.0 Å². The lowest BCUT2D eigenvalue weighted by atomic mass is 10.4. The van der Waals surface area contributed by atoms with Gasteiger partial charge in [0.2, 0.25) is 0 Å². The van der Waals surface area contributed by atoms with Crippen LogP contribution >= 0.6 is 0 Å². The summed E-state index contributed by atoms with van der Waals surface area (Å²) in [7, 11) is 0. The van der Waals surface area contributed by atoms with Crippen molar-refractivity contribution in [3.8, 4) is 0 Å². The molecule has 0 heterocycles. The molecule has 0 aromatic carbocycles. The first-order valence-electron chi connectivity index (χ1n) is 3.07. The Balaban J connectivity index is 2.90. The van der Waals surface area contributed by atoms with Gasteiger partial charge in [0, 0.05) is 6.54 Å². The summed E-state index contributed by atoms with van der Waals surface area (Å²) in [4.78, 5) is 0. The third-order valence-electron chi connectivity index (χ3n) is 0.898. The molecule has 9 heavy (non-hydrogen) atoms. The summed E-state index contributed by atoms with van der Waals surface area (Å²) in [5.74, 6) is 0. The zero-order chi connectivity index (χ0) is 6.95. The number of rotatable bonds is 5. The van der Waals surface area contributed by atoms with Gasteiger partial charge in [-0.05, 0) is 19.0 Å². The van der Waals surface area contributed by atoms with Crippen LogP contribution in [0.1, 0.15) is 6.42 Å². The molecule has 0 radical (unpaired) electrons. The average Bonchev–Trinajstić information content (AvgIpc) is 1.89.